The first-order valence-corrected chi connectivity index (χ1v) is 15.1. The third kappa shape index (κ3) is 9.83. The van der Waals surface area contributed by atoms with E-state index in [2.05, 4.69) is 30.8 Å². The van der Waals surface area contributed by atoms with Crippen LogP contribution in [0.1, 0.15) is 33.4 Å². The van der Waals surface area contributed by atoms with Crippen molar-refractivity contribution in [3.05, 3.63) is 130 Å². The van der Waals surface area contributed by atoms with Crippen molar-refractivity contribution in [2.24, 2.45) is 0 Å². The lowest BCUT2D eigenvalue weighted by atomic mass is 9.98. The molecule has 0 saturated carbocycles. The van der Waals surface area contributed by atoms with E-state index in [0.29, 0.717) is 35.1 Å². The summed E-state index contributed by atoms with van der Waals surface area (Å²) in [4.78, 5) is 23.4. The maximum Gasteiger partial charge on any atom is 0.416 e. The Hall–Kier alpha value is -6.46. The summed E-state index contributed by atoms with van der Waals surface area (Å²) in [6.45, 7) is -0.817. The van der Waals surface area contributed by atoms with Crippen molar-refractivity contribution in [1.29, 1.82) is 0 Å². The zero-order valence-electron chi connectivity index (χ0n) is 26.6. The smallest absolute Gasteiger partial charge is 0.416 e. The van der Waals surface area contributed by atoms with Crippen molar-refractivity contribution < 1.29 is 46.1 Å². The highest BCUT2D eigenvalue weighted by molar-refractivity contribution is 5.67. The number of aromatic nitrogens is 8. The first-order valence-electron chi connectivity index (χ1n) is 15.1. The van der Waals surface area contributed by atoms with E-state index in [9.17, 15) is 35.9 Å². The number of hydrogen-bond acceptors (Lipinski definition) is 8. The van der Waals surface area contributed by atoms with Gasteiger partial charge in [0.25, 0.3) is 0 Å². The van der Waals surface area contributed by atoms with Crippen LogP contribution < -0.4 is 0 Å². The van der Waals surface area contributed by atoms with Crippen LogP contribution in [0.2, 0.25) is 0 Å². The average molecular weight is 725 g/mol. The molecule has 52 heavy (non-hydrogen) atoms. The largest absolute Gasteiger partial charge is 0.480 e. The quantitative estimate of drug-likeness (QED) is 0.159. The Kier molecular flexibility index (Phi) is 11.1. The van der Waals surface area contributed by atoms with Crippen molar-refractivity contribution in [1.82, 2.24) is 40.4 Å². The molecule has 6 rings (SSSR count). The van der Waals surface area contributed by atoms with Crippen molar-refractivity contribution >= 4 is 11.9 Å². The molecule has 268 valence electrons. The molecule has 18 heteroatoms. The zero-order valence-corrected chi connectivity index (χ0v) is 26.6. The molecule has 0 aliphatic heterocycles. The first kappa shape index (κ1) is 36.8. The van der Waals surface area contributed by atoms with Gasteiger partial charge < -0.3 is 10.2 Å². The second-order valence-corrected chi connectivity index (χ2v) is 11.1. The number of alkyl halides is 6. The lowest BCUT2D eigenvalue weighted by Crippen LogP contribution is -2.11. The van der Waals surface area contributed by atoms with Crippen LogP contribution in [0.15, 0.2) is 97.1 Å². The fourth-order valence-corrected chi connectivity index (χ4v) is 4.93. The van der Waals surface area contributed by atoms with Crippen LogP contribution >= 0.6 is 0 Å². The van der Waals surface area contributed by atoms with Crippen LogP contribution in [0.3, 0.4) is 0 Å². The number of hydrogen-bond donors (Lipinski definition) is 2. The highest BCUT2D eigenvalue weighted by Crippen LogP contribution is 2.31. The van der Waals surface area contributed by atoms with E-state index in [1.165, 1.54) is 24.3 Å². The predicted octanol–water partition coefficient (Wildman–Crippen LogP) is 6.07. The van der Waals surface area contributed by atoms with E-state index in [-0.39, 0.29) is 11.6 Å². The number of carboxylic acids is 2. The van der Waals surface area contributed by atoms with Crippen LogP contribution in [-0.4, -0.2) is 62.6 Å². The average Bonchev–Trinajstić information content (AvgIpc) is 3.74. The Labute approximate surface area is 290 Å². The van der Waals surface area contributed by atoms with E-state index in [0.717, 1.165) is 45.0 Å². The summed E-state index contributed by atoms with van der Waals surface area (Å²) in [6, 6.07) is 24.1. The summed E-state index contributed by atoms with van der Waals surface area (Å²) in [6.07, 6.45) is -7.99. The summed E-state index contributed by atoms with van der Waals surface area (Å²) in [5.41, 5.74) is 2.87. The van der Waals surface area contributed by atoms with Gasteiger partial charge in [0.2, 0.25) is 11.6 Å². The van der Waals surface area contributed by atoms with Gasteiger partial charge in [-0.25, -0.2) is 0 Å². The second kappa shape index (κ2) is 15.6. The molecule has 2 aromatic heterocycles. The number of rotatable bonds is 10. The minimum Gasteiger partial charge on any atom is -0.480 e. The maximum absolute atomic E-state index is 12.7. The van der Waals surface area contributed by atoms with Gasteiger partial charge in [-0.05, 0) is 69.8 Å². The van der Waals surface area contributed by atoms with E-state index < -0.39 is 48.5 Å². The molecule has 12 nitrogen and oxygen atoms in total. The molecule has 0 radical (unpaired) electrons. The molecule has 2 N–H and O–H groups in total. The fourth-order valence-electron chi connectivity index (χ4n) is 4.93. The van der Waals surface area contributed by atoms with Gasteiger partial charge in [-0.15, -0.1) is 20.4 Å². The molecule has 0 aliphatic rings. The SMILES string of the molecule is O=C(O)Cn1nnc(-c2ccccc2Cc2ccc(C(F)(F)F)cc2)n1.O=C(O)Cn1nnc(-c2ccccc2Cc2ccc(C(F)(F)F)cc2)n1. The number of halogens is 6. The van der Waals surface area contributed by atoms with Crippen molar-refractivity contribution in [2.45, 2.75) is 38.3 Å². The van der Waals surface area contributed by atoms with Gasteiger partial charge >= 0.3 is 24.3 Å². The van der Waals surface area contributed by atoms with E-state index in [1.54, 1.807) is 36.4 Å². The molecule has 0 spiro atoms. The van der Waals surface area contributed by atoms with Gasteiger partial charge in [-0.3, -0.25) is 9.59 Å². The molecule has 4 aromatic carbocycles. The third-order valence-electron chi connectivity index (χ3n) is 7.33. The lowest BCUT2D eigenvalue weighted by Gasteiger charge is -2.09. The van der Waals surface area contributed by atoms with Gasteiger partial charge in [0, 0.05) is 11.1 Å². The Balaban J connectivity index is 0.000000201. The van der Waals surface area contributed by atoms with Crippen LogP contribution in [0.4, 0.5) is 26.3 Å². The Morgan fingerprint density at radius 2 is 0.885 bits per heavy atom. The summed E-state index contributed by atoms with van der Waals surface area (Å²) in [5, 5.41) is 40.7. The number of nitrogens with zero attached hydrogens (tertiary/aromatic N) is 8. The minimum atomic E-state index is -4.37. The lowest BCUT2D eigenvalue weighted by molar-refractivity contribution is -0.139. The molecular formula is C34H26F6N8O4. The van der Waals surface area contributed by atoms with Crippen LogP contribution in [0.5, 0.6) is 0 Å². The number of aliphatic carboxylic acids is 2. The summed E-state index contributed by atoms with van der Waals surface area (Å²) in [7, 11) is 0. The van der Waals surface area contributed by atoms with Gasteiger partial charge in [0.05, 0.1) is 11.1 Å². The number of carboxylic acid groups (broad SMARTS) is 2. The van der Waals surface area contributed by atoms with Crippen LogP contribution in [-0.2, 0) is 47.9 Å². The molecule has 0 atom stereocenters. The van der Waals surface area contributed by atoms with Crippen molar-refractivity contribution in [3.63, 3.8) is 0 Å². The summed E-state index contributed by atoms with van der Waals surface area (Å²) < 4.78 is 75.9. The molecular weight excluding hydrogens is 698 g/mol. The highest BCUT2D eigenvalue weighted by atomic mass is 19.4. The number of carbonyl (C=O) groups is 2. The Morgan fingerprint density at radius 3 is 1.21 bits per heavy atom. The topological polar surface area (TPSA) is 162 Å². The van der Waals surface area contributed by atoms with Crippen LogP contribution in [0.25, 0.3) is 22.8 Å². The van der Waals surface area contributed by atoms with Gasteiger partial charge in [-0.1, -0.05) is 72.8 Å². The third-order valence-corrected chi connectivity index (χ3v) is 7.33. The summed E-state index contributed by atoms with van der Waals surface area (Å²) in [5.74, 6) is -1.67. The molecule has 0 unspecified atom stereocenters. The summed E-state index contributed by atoms with van der Waals surface area (Å²) >= 11 is 0. The molecule has 0 aliphatic carbocycles. The van der Waals surface area contributed by atoms with E-state index in [4.69, 9.17) is 10.2 Å². The highest BCUT2D eigenvalue weighted by Gasteiger charge is 2.30. The zero-order chi connectivity index (χ0) is 37.5. The molecule has 0 fully saturated rings. The van der Waals surface area contributed by atoms with Gasteiger partial charge in [-0.2, -0.15) is 35.9 Å². The Morgan fingerprint density at radius 1 is 0.538 bits per heavy atom. The molecule has 2 heterocycles. The normalized spacial score (nSPS) is 11.5. The number of benzene rings is 4. The minimum absolute atomic E-state index is 0.258. The molecule has 6 aromatic rings. The maximum atomic E-state index is 12.7. The van der Waals surface area contributed by atoms with E-state index >= 15 is 0 Å². The van der Waals surface area contributed by atoms with Gasteiger partial charge in [0.1, 0.15) is 0 Å². The first-order chi connectivity index (χ1) is 24.7. The monoisotopic (exact) mass is 724 g/mol. The molecule has 0 amide bonds. The van der Waals surface area contributed by atoms with Crippen molar-refractivity contribution in [3.8, 4) is 22.8 Å². The number of tetrazole rings is 2. The van der Waals surface area contributed by atoms with Gasteiger partial charge in [0.15, 0.2) is 13.1 Å². The van der Waals surface area contributed by atoms with Crippen molar-refractivity contribution in [2.75, 3.05) is 0 Å². The van der Waals surface area contributed by atoms with E-state index in [1.807, 2.05) is 12.1 Å². The predicted molar refractivity (Wildman–Crippen MR) is 170 cm³/mol. The van der Waals surface area contributed by atoms with Crippen LogP contribution in [0, 0.1) is 0 Å². The second-order valence-electron chi connectivity index (χ2n) is 11.1. The standard InChI is InChI=1S/2C17H13F3N4O2/c2*18-17(19,20)13-7-5-11(6-8-13)9-12-3-1-2-4-14(12)16-21-23-24(22-16)10-15(25)26/h2*1-8H,9-10H2,(H,25,26). The Bertz CT molecular complexity index is 1990. The molecule has 0 bridgehead atoms. The molecule has 0 saturated heterocycles. The fraction of sp³-hybridized carbons (Fsp3) is 0.176.